The Kier molecular flexibility index (Phi) is 16.2. The molecule has 18 nitrogen and oxygen atoms in total. The number of oxime groups is 1. The first-order valence-corrected chi connectivity index (χ1v) is 21.8. The molecule has 0 radical (unpaired) electrons. The summed E-state index contributed by atoms with van der Waals surface area (Å²) in [6.07, 6.45) is -4.91. The molecule has 3 aliphatic heterocycles. The van der Waals surface area contributed by atoms with E-state index < -0.39 is 95.1 Å². The van der Waals surface area contributed by atoms with Crippen LogP contribution in [0.25, 0.3) is 5.69 Å². The Hall–Kier alpha value is -4.37. The summed E-state index contributed by atoms with van der Waals surface area (Å²) < 4.78 is 56.2. The summed E-state index contributed by atoms with van der Waals surface area (Å²) in [5, 5.41) is 32.8. The Morgan fingerprint density at radius 2 is 1.81 bits per heavy atom. The minimum absolute atomic E-state index is 0.0136. The number of likely N-dealkylation sites (N-methyl/N-ethyl adjacent to an activating group) is 1. The maximum absolute atomic E-state index is 17.0. The fraction of sp³-hybridized carbons (Fsp3) is 0.689. The van der Waals surface area contributed by atoms with E-state index in [1.54, 1.807) is 49.8 Å². The molecular weight excluding hydrogens is 836 g/mol. The highest BCUT2D eigenvalue weighted by Gasteiger charge is 2.56. The Labute approximate surface area is 374 Å². The number of esters is 1. The molecule has 1 aromatic carbocycles. The number of fused-ring (bicyclic) bond motifs is 5. The van der Waals surface area contributed by atoms with E-state index in [-0.39, 0.29) is 38.4 Å². The van der Waals surface area contributed by atoms with Gasteiger partial charge in [0.25, 0.3) is 5.67 Å². The number of aliphatic hydroxyl groups excluding tert-OH is 1. The topological polar surface area (TPSA) is 228 Å². The van der Waals surface area contributed by atoms with Crippen LogP contribution in [0, 0.1) is 17.8 Å². The van der Waals surface area contributed by atoms with Gasteiger partial charge in [0, 0.05) is 54.4 Å². The summed E-state index contributed by atoms with van der Waals surface area (Å²) in [5.74, 6) is -5.36. The number of hydrogen-bond donors (Lipinski definition) is 3. The third-order valence-electron chi connectivity index (χ3n) is 12.7. The van der Waals surface area contributed by atoms with Gasteiger partial charge in [-0.3, -0.25) is 9.59 Å². The van der Waals surface area contributed by atoms with Crippen molar-refractivity contribution in [3.05, 3.63) is 36.0 Å². The number of rotatable bonds is 9. The zero-order valence-corrected chi connectivity index (χ0v) is 39.1. The molecule has 0 unspecified atom stereocenters. The number of aromatic nitrogens is 2. The van der Waals surface area contributed by atoms with Crippen LogP contribution in [-0.2, 0) is 49.5 Å². The molecule has 3 fully saturated rings. The smallest absolute Gasteiger partial charge is 0.351 e. The van der Waals surface area contributed by atoms with E-state index in [4.69, 9.17) is 39.0 Å². The van der Waals surface area contributed by atoms with Gasteiger partial charge in [0.15, 0.2) is 12.1 Å². The van der Waals surface area contributed by atoms with Gasteiger partial charge in [-0.2, -0.15) is 5.10 Å². The number of Topliss-reactive ketones (excluding diaryl/α,β-unsaturated/α-hetero) is 1. The van der Waals surface area contributed by atoms with E-state index in [9.17, 15) is 24.6 Å². The van der Waals surface area contributed by atoms with Gasteiger partial charge >= 0.3 is 5.97 Å². The molecule has 0 saturated carbocycles. The van der Waals surface area contributed by atoms with Crippen molar-refractivity contribution < 1.29 is 62.2 Å². The lowest BCUT2D eigenvalue weighted by Crippen LogP contribution is -2.61. The van der Waals surface area contributed by atoms with Crippen molar-refractivity contribution in [3.63, 3.8) is 0 Å². The summed E-state index contributed by atoms with van der Waals surface area (Å²) in [6, 6.07) is 6.61. The number of carbonyl (C=O) groups excluding carboxylic acids is 3. The Bertz CT molecular complexity index is 2040. The minimum Gasteiger partial charge on any atom is -0.496 e. The maximum atomic E-state index is 17.0. The molecule has 3 aliphatic rings. The molecular formula is C45H67FN6O12. The van der Waals surface area contributed by atoms with Crippen molar-refractivity contribution in [3.8, 4) is 11.4 Å². The number of carbonyl (C=O) groups is 3. The number of aliphatic imine (C=N–C) groups is 1. The number of alkyl halides is 1. The Morgan fingerprint density at radius 1 is 1.11 bits per heavy atom. The fourth-order valence-corrected chi connectivity index (χ4v) is 9.28. The second kappa shape index (κ2) is 20.4. The number of anilines is 1. The number of nitrogens with two attached hydrogens (primary N) is 1. The number of methoxy groups -OCH3 is 1. The van der Waals surface area contributed by atoms with Crippen molar-refractivity contribution in [2.24, 2.45) is 27.9 Å². The van der Waals surface area contributed by atoms with Gasteiger partial charge in [0.1, 0.15) is 41.7 Å². The first-order chi connectivity index (χ1) is 29.9. The van der Waals surface area contributed by atoms with Crippen LogP contribution in [-0.4, -0.2) is 148 Å². The molecule has 4 heterocycles. The first kappa shape index (κ1) is 50.6. The van der Waals surface area contributed by atoms with Crippen molar-refractivity contribution in [1.82, 2.24) is 14.7 Å². The predicted octanol–water partition coefficient (Wildman–Crippen LogP) is 3.99. The number of amides is 1. The maximum Gasteiger partial charge on any atom is 0.351 e. The number of ketones is 1. The second-order valence-electron chi connectivity index (χ2n) is 18.2. The van der Waals surface area contributed by atoms with E-state index in [0.29, 0.717) is 35.0 Å². The summed E-state index contributed by atoms with van der Waals surface area (Å²) in [6.45, 7) is 12.9. The molecule has 1 aromatic heterocycles. The highest BCUT2D eigenvalue weighted by Crippen LogP contribution is 2.41. The van der Waals surface area contributed by atoms with Crippen molar-refractivity contribution in [2.45, 2.75) is 148 Å². The van der Waals surface area contributed by atoms with E-state index in [2.05, 4.69) is 15.2 Å². The summed E-state index contributed by atoms with van der Waals surface area (Å²) in [7, 11) is 5.14. The van der Waals surface area contributed by atoms with Crippen LogP contribution in [0.2, 0.25) is 0 Å². The van der Waals surface area contributed by atoms with Crippen LogP contribution < -0.4 is 10.5 Å². The number of halogens is 1. The fourth-order valence-electron chi connectivity index (χ4n) is 9.28. The lowest BCUT2D eigenvalue weighted by Gasteiger charge is -2.47. The standard InChI is InChI=1S/C45H67FN6O12/c1-13-34-45(9,57)40-26(4)36(48-28(6)53)24(2)20-43(7,39(27(5)38(55)44(8,46)42(56)63-34)64-41-37(54)32(51(10)11)18-25(3)62-41)60-23-30(22-59-40)50-61-21-29-14-15-31(19-33(29)58-12)52-17-16-35(47)49-52/h14-17,19,24-27,32,34,37,39-41,54,57H,13,18,20-23H2,1-12H3,(H2,47,49)/b48-36?,50-30+/t24-,25-,26+,27+,32+,34-,37-,39-,40+,41+,43-,44+,45-/m1/s1. The number of cyclic esters (lactones) is 1. The first-order valence-electron chi connectivity index (χ1n) is 21.8. The quantitative estimate of drug-likeness (QED) is 0.184. The third kappa shape index (κ3) is 11.0. The monoisotopic (exact) mass is 902 g/mol. The van der Waals surface area contributed by atoms with Crippen LogP contribution in [0.3, 0.4) is 0 Å². The van der Waals surface area contributed by atoms with Crippen molar-refractivity contribution in [1.29, 1.82) is 0 Å². The molecule has 1 amide bonds. The zero-order chi connectivity index (χ0) is 47.5. The van der Waals surface area contributed by atoms with E-state index in [1.165, 1.54) is 27.9 Å². The van der Waals surface area contributed by atoms with Crippen LogP contribution in [0.15, 0.2) is 40.6 Å². The van der Waals surface area contributed by atoms with Crippen LogP contribution in [0.4, 0.5) is 10.2 Å². The van der Waals surface area contributed by atoms with Crippen LogP contribution >= 0.6 is 0 Å². The molecule has 0 spiro atoms. The van der Waals surface area contributed by atoms with Gasteiger partial charge in [-0.1, -0.05) is 32.9 Å². The van der Waals surface area contributed by atoms with Gasteiger partial charge in [0.05, 0.1) is 49.9 Å². The van der Waals surface area contributed by atoms with E-state index >= 15 is 4.39 Å². The number of nitrogen functional groups attached to an aromatic ring is 1. The summed E-state index contributed by atoms with van der Waals surface area (Å²) in [5.41, 5.74) is 0.740. The number of aliphatic hydroxyl groups is 2. The number of hydrogen-bond acceptors (Lipinski definition) is 16. The molecule has 356 valence electrons. The SMILES string of the molecule is CC[C@H]1OC(=O)[C@@](C)(F)C(=O)[C@H](C)[C@@H](O[C@@H]2O[C@H](C)C[C@H](N(C)C)[C@H]2O)[C@@]2(C)C[C@@H](C)C(=NC(C)=O)[C@H](C)[C@H](OC/C(=N\OCc3ccc(-n4ccc(N)n4)cc3OC)CO2)[C@]1(C)O. The summed E-state index contributed by atoms with van der Waals surface area (Å²) in [4.78, 5) is 53.5. The molecule has 64 heavy (non-hydrogen) atoms. The van der Waals surface area contributed by atoms with Gasteiger partial charge in [-0.05, 0) is 79.1 Å². The summed E-state index contributed by atoms with van der Waals surface area (Å²) >= 11 is 0. The molecule has 13 atom stereocenters. The third-order valence-corrected chi connectivity index (χ3v) is 12.7. The van der Waals surface area contributed by atoms with Crippen molar-refractivity contribution >= 4 is 34.9 Å². The molecule has 2 aromatic rings. The average Bonchev–Trinajstić information content (AvgIpc) is 3.67. The number of nitrogens with zero attached hydrogens (tertiary/aromatic N) is 5. The second-order valence-corrected chi connectivity index (χ2v) is 18.2. The lowest BCUT2D eigenvalue weighted by atomic mass is 9.73. The average molecular weight is 903 g/mol. The Morgan fingerprint density at radius 3 is 2.42 bits per heavy atom. The number of benzene rings is 1. The number of ether oxygens (including phenoxy) is 6. The highest BCUT2D eigenvalue weighted by atomic mass is 19.1. The van der Waals surface area contributed by atoms with E-state index in [0.717, 1.165) is 6.92 Å². The van der Waals surface area contributed by atoms with Crippen LogP contribution in [0.1, 0.15) is 87.1 Å². The molecule has 5 rings (SSSR count). The van der Waals surface area contributed by atoms with Gasteiger partial charge in [-0.25, -0.2) is 18.9 Å². The largest absolute Gasteiger partial charge is 0.496 e. The minimum atomic E-state index is -3.23. The zero-order valence-electron chi connectivity index (χ0n) is 39.1. The van der Waals surface area contributed by atoms with E-state index in [1.807, 2.05) is 38.9 Å². The lowest BCUT2D eigenvalue weighted by molar-refractivity contribution is -0.296. The molecule has 19 heteroatoms. The predicted molar refractivity (Wildman–Crippen MR) is 234 cm³/mol. The molecule has 4 N–H and O–H groups in total. The normalized spacial score (nSPS) is 37.1. The Balaban J connectivity index is 1.67. The molecule has 0 aliphatic carbocycles. The van der Waals surface area contributed by atoms with Gasteiger partial charge < -0.3 is 54.1 Å². The van der Waals surface area contributed by atoms with Gasteiger partial charge in [-0.15, -0.1) is 0 Å². The van der Waals surface area contributed by atoms with Gasteiger partial charge in [0.2, 0.25) is 5.91 Å². The highest BCUT2D eigenvalue weighted by molar-refractivity contribution is 6.08. The van der Waals surface area contributed by atoms with Crippen molar-refractivity contribution in [2.75, 3.05) is 40.2 Å². The molecule has 3 saturated heterocycles. The van der Waals surface area contributed by atoms with Crippen LogP contribution in [0.5, 0.6) is 5.75 Å². The molecule has 2 bridgehead atoms.